The zero-order valence-corrected chi connectivity index (χ0v) is 10.8. The van der Waals surface area contributed by atoms with E-state index in [-0.39, 0.29) is 12.4 Å². The van der Waals surface area contributed by atoms with Crippen molar-refractivity contribution in [3.8, 4) is 0 Å². The summed E-state index contributed by atoms with van der Waals surface area (Å²) in [5.74, 6) is 0. The molecule has 0 radical (unpaired) electrons. The molecule has 4 heteroatoms. The fourth-order valence-electron chi connectivity index (χ4n) is 1.65. The van der Waals surface area contributed by atoms with E-state index in [1.165, 1.54) is 17.7 Å². The fourth-order valence-corrected chi connectivity index (χ4v) is 3.11. The molecule has 0 aliphatic carbocycles. The van der Waals surface area contributed by atoms with E-state index < -0.39 is 0 Å². The highest BCUT2D eigenvalue weighted by atomic mass is 35.5. The molecular weight excluding hydrogens is 249 g/mol. The zero-order chi connectivity index (χ0) is 9.80. The third kappa shape index (κ3) is 4.23. The van der Waals surface area contributed by atoms with Crippen molar-refractivity contribution in [2.75, 3.05) is 13.1 Å². The van der Waals surface area contributed by atoms with Gasteiger partial charge in [-0.3, -0.25) is 0 Å². The highest BCUT2D eigenvalue weighted by molar-refractivity contribution is 8.00. The highest BCUT2D eigenvalue weighted by Gasteiger charge is 2.13. The fraction of sp³-hybridized carbons (Fsp3) is 0.455. The molecule has 0 amide bonds. The van der Waals surface area contributed by atoms with Crippen molar-refractivity contribution >= 4 is 35.8 Å². The zero-order valence-electron chi connectivity index (χ0n) is 8.41. The number of nitrogens with one attached hydrogen (secondary N) is 1. The molecule has 2 rings (SSSR count). The van der Waals surface area contributed by atoms with Crippen molar-refractivity contribution in [1.82, 2.24) is 5.32 Å². The van der Waals surface area contributed by atoms with Crippen LogP contribution in [0.15, 0.2) is 29.2 Å². The van der Waals surface area contributed by atoms with Crippen LogP contribution in [0.5, 0.6) is 0 Å². The molecule has 0 spiro atoms. The van der Waals surface area contributed by atoms with E-state index in [1.807, 2.05) is 30.0 Å². The first-order valence-electron chi connectivity index (χ1n) is 4.97. The van der Waals surface area contributed by atoms with Crippen LogP contribution in [0.3, 0.4) is 0 Å². The average Bonchev–Trinajstić information content (AvgIpc) is 2.19. The monoisotopic (exact) mass is 263 g/mol. The van der Waals surface area contributed by atoms with E-state index >= 15 is 0 Å². The molecule has 1 aromatic rings. The summed E-state index contributed by atoms with van der Waals surface area (Å²) in [5, 5.41) is 4.97. The van der Waals surface area contributed by atoms with Crippen LogP contribution in [0.4, 0.5) is 0 Å². The van der Waals surface area contributed by atoms with Crippen LogP contribution in [0.25, 0.3) is 0 Å². The van der Waals surface area contributed by atoms with Crippen LogP contribution in [0, 0.1) is 0 Å². The summed E-state index contributed by atoms with van der Waals surface area (Å²) in [5.41, 5.74) is 0. The van der Waals surface area contributed by atoms with Crippen LogP contribution in [0.2, 0.25) is 5.02 Å². The lowest BCUT2D eigenvalue weighted by Gasteiger charge is -2.21. The molecule has 0 aromatic heterocycles. The summed E-state index contributed by atoms with van der Waals surface area (Å²) < 4.78 is 0. The van der Waals surface area contributed by atoms with E-state index in [4.69, 9.17) is 11.6 Å². The Morgan fingerprint density at radius 2 is 2.00 bits per heavy atom. The minimum Gasteiger partial charge on any atom is -0.317 e. The summed E-state index contributed by atoms with van der Waals surface area (Å²) in [4.78, 5) is 1.30. The second-order valence-electron chi connectivity index (χ2n) is 3.52. The molecule has 1 aromatic carbocycles. The molecule has 0 saturated carbocycles. The Labute approximate surface area is 106 Å². The molecule has 1 aliphatic heterocycles. The second-order valence-corrected chi connectivity index (χ2v) is 5.33. The number of hydrogen-bond acceptors (Lipinski definition) is 2. The van der Waals surface area contributed by atoms with Crippen LogP contribution in [0.1, 0.15) is 12.8 Å². The largest absolute Gasteiger partial charge is 0.317 e. The first-order chi connectivity index (χ1) is 6.84. The van der Waals surface area contributed by atoms with Crippen molar-refractivity contribution in [3.05, 3.63) is 29.3 Å². The standard InChI is InChI=1S/C11H14ClNS.ClH/c12-9-2-1-3-11(8-9)14-10-4-6-13-7-5-10;/h1-3,8,10,13H,4-7H2;1H. The van der Waals surface area contributed by atoms with Crippen molar-refractivity contribution in [3.63, 3.8) is 0 Å². The Morgan fingerprint density at radius 1 is 1.27 bits per heavy atom. The van der Waals surface area contributed by atoms with Crippen LogP contribution in [-0.4, -0.2) is 18.3 Å². The van der Waals surface area contributed by atoms with Crippen molar-refractivity contribution in [2.45, 2.75) is 23.0 Å². The van der Waals surface area contributed by atoms with Gasteiger partial charge in [-0.25, -0.2) is 0 Å². The van der Waals surface area contributed by atoms with Crippen molar-refractivity contribution in [1.29, 1.82) is 0 Å². The number of rotatable bonds is 2. The van der Waals surface area contributed by atoms with Crippen molar-refractivity contribution < 1.29 is 0 Å². The summed E-state index contributed by atoms with van der Waals surface area (Å²) in [7, 11) is 0. The van der Waals surface area contributed by atoms with Crippen molar-refractivity contribution in [2.24, 2.45) is 0 Å². The van der Waals surface area contributed by atoms with Crippen LogP contribution < -0.4 is 5.32 Å². The van der Waals surface area contributed by atoms with Gasteiger partial charge >= 0.3 is 0 Å². The Bertz CT molecular complexity index is 300. The molecule has 1 saturated heterocycles. The quantitative estimate of drug-likeness (QED) is 0.875. The number of hydrogen-bond donors (Lipinski definition) is 1. The Kier molecular flexibility index (Phi) is 5.83. The third-order valence-corrected chi connectivity index (χ3v) is 3.95. The topological polar surface area (TPSA) is 12.0 Å². The molecule has 1 N–H and O–H groups in total. The van der Waals surface area contributed by atoms with Crippen LogP contribution >= 0.6 is 35.8 Å². The number of piperidine rings is 1. The predicted molar refractivity (Wildman–Crippen MR) is 70.4 cm³/mol. The summed E-state index contributed by atoms with van der Waals surface area (Å²) in [6.07, 6.45) is 2.52. The molecule has 84 valence electrons. The molecule has 1 aliphatic rings. The van der Waals surface area contributed by atoms with Gasteiger partial charge in [0.25, 0.3) is 0 Å². The van der Waals surface area contributed by atoms with Gasteiger partial charge in [0.15, 0.2) is 0 Å². The lowest BCUT2D eigenvalue weighted by molar-refractivity contribution is 0.531. The van der Waals surface area contributed by atoms with Gasteiger partial charge in [-0.2, -0.15) is 0 Å². The first kappa shape index (κ1) is 13.2. The van der Waals surface area contributed by atoms with Gasteiger partial charge < -0.3 is 5.32 Å². The molecule has 1 heterocycles. The third-order valence-electron chi connectivity index (χ3n) is 2.39. The molecular formula is C11H15Cl2NS. The lowest BCUT2D eigenvalue weighted by Crippen LogP contribution is -2.29. The summed E-state index contributed by atoms with van der Waals surface area (Å²) in [6, 6.07) is 8.13. The normalized spacial score (nSPS) is 17.1. The molecule has 1 fully saturated rings. The Balaban J connectivity index is 0.00000112. The van der Waals surface area contributed by atoms with E-state index in [9.17, 15) is 0 Å². The van der Waals surface area contributed by atoms with Gasteiger partial charge in [0, 0.05) is 15.2 Å². The molecule has 0 unspecified atom stereocenters. The van der Waals surface area contributed by atoms with E-state index in [2.05, 4.69) is 11.4 Å². The lowest BCUT2D eigenvalue weighted by atomic mass is 10.2. The maximum Gasteiger partial charge on any atom is 0.0417 e. The molecule has 1 nitrogen and oxygen atoms in total. The second kappa shape index (κ2) is 6.64. The van der Waals surface area contributed by atoms with Crippen LogP contribution in [-0.2, 0) is 0 Å². The molecule has 15 heavy (non-hydrogen) atoms. The minimum absolute atomic E-state index is 0. The average molecular weight is 264 g/mol. The van der Waals surface area contributed by atoms with E-state index in [0.717, 1.165) is 23.4 Å². The van der Waals surface area contributed by atoms with E-state index in [0.29, 0.717) is 0 Å². The SMILES string of the molecule is Cl.Clc1cccc(SC2CCNCC2)c1. The maximum atomic E-state index is 5.94. The number of benzene rings is 1. The minimum atomic E-state index is 0. The Morgan fingerprint density at radius 3 is 2.67 bits per heavy atom. The van der Waals surface area contributed by atoms with Gasteiger partial charge in [-0.15, -0.1) is 24.2 Å². The summed E-state index contributed by atoms with van der Waals surface area (Å²) in [6.45, 7) is 2.30. The predicted octanol–water partition coefficient (Wildman–Crippen LogP) is 3.61. The van der Waals surface area contributed by atoms with Gasteiger partial charge in [-0.1, -0.05) is 17.7 Å². The smallest absolute Gasteiger partial charge is 0.0417 e. The molecule has 0 atom stereocenters. The van der Waals surface area contributed by atoms with Gasteiger partial charge in [0.05, 0.1) is 0 Å². The Hall–Kier alpha value is 0.110. The van der Waals surface area contributed by atoms with Gasteiger partial charge in [-0.05, 0) is 44.1 Å². The van der Waals surface area contributed by atoms with Gasteiger partial charge in [0.2, 0.25) is 0 Å². The van der Waals surface area contributed by atoms with Gasteiger partial charge in [0.1, 0.15) is 0 Å². The van der Waals surface area contributed by atoms with E-state index in [1.54, 1.807) is 0 Å². The number of halogens is 2. The first-order valence-corrected chi connectivity index (χ1v) is 6.23. The maximum absolute atomic E-state index is 5.94. The summed E-state index contributed by atoms with van der Waals surface area (Å²) >= 11 is 7.89. The molecule has 0 bridgehead atoms. The number of thioether (sulfide) groups is 1. The highest BCUT2D eigenvalue weighted by Crippen LogP contribution is 2.29.